The molecule has 2 aromatic rings. The van der Waals surface area contributed by atoms with Crippen LogP contribution < -0.4 is 0 Å². The Hall–Kier alpha value is -1.82. The molecule has 0 spiro atoms. The van der Waals surface area contributed by atoms with Gasteiger partial charge in [0.2, 0.25) is 0 Å². The second-order valence-corrected chi connectivity index (χ2v) is 3.30. The van der Waals surface area contributed by atoms with Gasteiger partial charge >= 0.3 is 0 Å². The minimum atomic E-state index is -2.60. The van der Waals surface area contributed by atoms with E-state index in [4.69, 9.17) is 4.74 Å². The highest BCUT2D eigenvalue weighted by molar-refractivity contribution is 5.35. The summed E-state index contributed by atoms with van der Waals surface area (Å²) in [6, 6.07) is 5.60. The van der Waals surface area contributed by atoms with Gasteiger partial charge in [0.1, 0.15) is 0 Å². The molecule has 4 nitrogen and oxygen atoms in total. The summed E-state index contributed by atoms with van der Waals surface area (Å²) in [6.07, 6.45) is 0.246. The molecule has 0 amide bonds. The number of methoxy groups -OCH3 is 1. The highest BCUT2D eigenvalue weighted by atomic mass is 19.3. The fraction of sp³-hybridized carbons (Fsp3) is 0.273. The van der Waals surface area contributed by atoms with Gasteiger partial charge in [0.05, 0.1) is 24.1 Å². The fourth-order valence-electron chi connectivity index (χ4n) is 1.47. The first-order valence-electron chi connectivity index (χ1n) is 4.91. The third-order valence-electron chi connectivity index (χ3n) is 2.19. The van der Waals surface area contributed by atoms with Crippen LogP contribution in [0.25, 0.3) is 5.82 Å². The SMILES string of the molecule is COCc1[c]cnn1-c1ncccc1C(F)F. The van der Waals surface area contributed by atoms with Gasteiger partial charge in [-0.15, -0.1) is 0 Å². The number of alkyl halides is 2. The van der Waals surface area contributed by atoms with Crippen LogP contribution in [-0.4, -0.2) is 21.9 Å². The van der Waals surface area contributed by atoms with E-state index in [9.17, 15) is 8.78 Å². The van der Waals surface area contributed by atoms with Crippen molar-refractivity contribution in [1.82, 2.24) is 14.8 Å². The number of ether oxygens (including phenoxy) is 1. The monoisotopic (exact) mass is 238 g/mol. The maximum atomic E-state index is 12.8. The zero-order valence-electron chi connectivity index (χ0n) is 9.10. The first-order valence-corrected chi connectivity index (χ1v) is 4.91. The molecular weight excluding hydrogens is 228 g/mol. The van der Waals surface area contributed by atoms with Gasteiger partial charge in [0, 0.05) is 19.4 Å². The molecule has 1 radical (unpaired) electrons. The fourth-order valence-corrected chi connectivity index (χ4v) is 1.47. The number of hydrogen-bond donors (Lipinski definition) is 0. The predicted octanol–water partition coefficient (Wildman–Crippen LogP) is 2.15. The van der Waals surface area contributed by atoms with Crippen molar-refractivity contribution in [3.05, 3.63) is 41.9 Å². The number of rotatable bonds is 4. The zero-order valence-corrected chi connectivity index (χ0v) is 9.10. The average molecular weight is 238 g/mol. The molecule has 0 aliphatic rings. The highest BCUT2D eigenvalue weighted by Crippen LogP contribution is 2.24. The van der Waals surface area contributed by atoms with Crippen LogP contribution in [0.2, 0.25) is 0 Å². The van der Waals surface area contributed by atoms with Crippen molar-refractivity contribution in [2.24, 2.45) is 0 Å². The van der Waals surface area contributed by atoms with E-state index in [1.165, 1.54) is 36.3 Å². The van der Waals surface area contributed by atoms with Crippen LogP contribution in [-0.2, 0) is 11.3 Å². The van der Waals surface area contributed by atoms with E-state index in [1.807, 2.05) is 0 Å². The molecule has 0 bridgehead atoms. The van der Waals surface area contributed by atoms with Crippen LogP contribution in [0.4, 0.5) is 8.78 Å². The minimum absolute atomic E-state index is 0.107. The third-order valence-corrected chi connectivity index (χ3v) is 2.19. The topological polar surface area (TPSA) is 39.9 Å². The van der Waals surface area contributed by atoms with E-state index in [-0.39, 0.29) is 18.0 Å². The van der Waals surface area contributed by atoms with Crippen molar-refractivity contribution >= 4 is 0 Å². The summed E-state index contributed by atoms with van der Waals surface area (Å²) in [5.41, 5.74) is 0.384. The van der Waals surface area contributed by atoms with Crippen LogP contribution in [0.15, 0.2) is 24.5 Å². The number of halogens is 2. The second kappa shape index (κ2) is 5.01. The van der Waals surface area contributed by atoms with Gasteiger partial charge in [-0.25, -0.2) is 18.4 Å². The predicted molar refractivity (Wildman–Crippen MR) is 55.9 cm³/mol. The Morgan fingerprint density at radius 2 is 2.35 bits per heavy atom. The van der Waals surface area contributed by atoms with Crippen LogP contribution in [0, 0.1) is 6.07 Å². The molecule has 0 saturated heterocycles. The Bertz CT molecular complexity index is 499. The molecule has 89 valence electrons. The summed E-state index contributed by atoms with van der Waals surface area (Å²) in [5.74, 6) is 0.107. The Balaban J connectivity index is 2.48. The van der Waals surface area contributed by atoms with E-state index >= 15 is 0 Å². The lowest BCUT2D eigenvalue weighted by atomic mass is 10.2. The molecular formula is C11H10F2N3O. The summed E-state index contributed by atoms with van der Waals surface area (Å²) in [5, 5.41) is 3.93. The van der Waals surface area contributed by atoms with Crippen molar-refractivity contribution in [2.45, 2.75) is 13.0 Å². The first kappa shape index (κ1) is 11.7. The van der Waals surface area contributed by atoms with E-state index in [1.54, 1.807) is 0 Å². The molecule has 2 rings (SSSR count). The van der Waals surface area contributed by atoms with Gasteiger partial charge in [0.15, 0.2) is 5.82 Å². The number of aromatic nitrogens is 3. The standard InChI is InChI=1S/C11H10F2N3O/c1-17-7-8-4-6-15-16(8)11-9(10(12)13)3-2-5-14-11/h2-3,5-6,10H,7H2,1H3. The van der Waals surface area contributed by atoms with Gasteiger partial charge in [-0.05, 0) is 12.1 Å². The average Bonchev–Trinajstić information content (AvgIpc) is 2.77. The summed E-state index contributed by atoms with van der Waals surface area (Å²) >= 11 is 0. The Kier molecular flexibility index (Phi) is 3.43. The van der Waals surface area contributed by atoms with Crippen molar-refractivity contribution in [3.8, 4) is 5.82 Å². The molecule has 2 aromatic heterocycles. The summed E-state index contributed by atoms with van der Waals surface area (Å²) < 4.78 is 31.9. The lowest BCUT2D eigenvalue weighted by Gasteiger charge is -2.10. The van der Waals surface area contributed by atoms with Gasteiger partial charge in [-0.1, -0.05) is 0 Å². The molecule has 0 aromatic carbocycles. The molecule has 0 atom stereocenters. The summed E-state index contributed by atoms with van der Waals surface area (Å²) in [4.78, 5) is 3.93. The molecule has 0 fully saturated rings. The molecule has 17 heavy (non-hydrogen) atoms. The molecule has 0 aliphatic heterocycles. The zero-order chi connectivity index (χ0) is 12.3. The quantitative estimate of drug-likeness (QED) is 0.819. The lowest BCUT2D eigenvalue weighted by molar-refractivity contribution is 0.150. The van der Waals surface area contributed by atoms with Crippen LogP contribution in [0.5, 0.6) is 0 Å². The maximum absolute atomic E-state index is 12.8. The Labute approximate surface area is 96.9 Å². The van der Waals surface area contributed by atoms with Crippen LogP contribution in [0.1, 0.15) is 17.7 Å². The smallest absolute Gasteiger partial charge is 0.267 e. The normalized spacial score (nSPS) is 11.1. The van der Waals surface area contributed by atoms with Crippen molar-refractivity contribution in [1.29, 1.82) is 0 Å². The van der Waals surface area contributed by atoms with Crippen molar-refractivity contribution < 1.29 is 13.5 Å². The lowest BCUT2D eigenvalue weighted by Crippen LogP contribution is -2.08. The number of hydrogen-bond acceptors (Lipinski definition) is 3. The minimum Gasteiger partial charge on any atom is -0.378 e. The first-order chi connectivity index (χ1) is 8.24. The van der Waals surface area contributed by atoms with Crippen LogP contribution in [0.3, 0.4) is 0 Å². The number of pyridine rings is 1. The molecule has 2 heterocycles. The van der Waals surface area contributed by atoms with E-state index in [2.05, 4.69) is 16.1 Å². The largest absolute Gasteiger partial charge is 0.378 e. The van der Waals surface area contributed by atoms with Crippen LogP contribution >= 0.6 is 0 Å². The molecule has 0 aliphatic carbocycles. The molecule has 0 N–H and O–H groups in total. The highest BCUT2D eigenvalue weighted by Gasteiger charge is 2.17. The van der Waals surface area contributed by atoms with Gasteiger partial charge in [0.25, 0.3) is 6.43 Å². The number of nitrogens with zero attached hydrogens (tertiary/aromatic N) is 3. The van der Waals surface area contributed by atoms with Gasteiger partial charge in [-0.3, -0.25) is 0 Å². The summed E-state index contributed by atoms with van der Waals surface area (Å²) in [7, 11) is 1.51. The molecule has 0 unspecified atom stereocenters. The Morgan fingerprint density at radius 3 is 3.06 bits per heavy atom. The maximum Gasteiger partial charge on any atom is 0.267 e. The summed E-state index contributed by atoms with van der Waals surface area (Å²) in [6.45, 7) is 0.235. The second-order valence-electron chi connectivity index (χ2n) is 3.30. The van der Waals surface area contributed by atoms with E-state index in [0.29, 0.717) is 5.69 Å². The van der Waals surface area contributed by atoms with Gasteiger partial charge in [-0.2, -0.15) is 5.10 Å². The Morgan fingerprint density at radius 1 is 1.53 bits per heavy atom. The van der Waals surface area contributed by atoms with E-state index < -0.39 is 6.43 Å². The van der Waals surface area contributed by atoms with Crippen molar-refractivity contribution in [3.63, 3.8) is 0 Å². The van der Waals surface area contributed by atoms with Crippen molar-refractivity contribution in [2.75, 3.05) is 7.11 Å². The third kappa shape index (κ3) is 2.31. The molecule has 6 heteroatoms. The van der Waals surface area contributed by atoms with Gasteiger partial charge < -0.3 is 4.74 Å². The van der Waals surface area contributed by atoms with E-state index in [0.717, 1.165) is 0 Å². The molecule has 0 saturated carbocycles.